The van der Waals surface area contributed by atoms with Gasteiger partial charge in [-0.15, -0.1) is 0 Å². The van der Waals surface area contributed by atoms with E-state index in [9.17, 15) is 58.5 Å². The zero-order valence-electron chi connectivity index (χ0n) is 42.8. The highest BCUT2D eigenvalue weighted by Crippen LogP contribution is 2.19. The van der Waals surface area contributed by atoms with Gasteiger partial charge in [-0.2, -0.15) is 0 Å². The number of esters is 1. The number of nitrogens with zero attached hydrogens (tertiary/aromatic N) is 1. The fourth-order valence-electron chi connectivity index (χ4n) is 7.69. The van der Waals surface area contributed by atoms with Gasteiger partial charge in [-0.25, -0.2) is 4.79 Å². The van der Waals surface area contributed by atoms with Crippen molar-refractivity contribution in [2.24, 2.45) is 11.7 Å². The number of unbranched alkanes of at least 4 members (excludes halogenated alkanes) is 1. The molecule has 1 heterocycles. The van der Waals surface area contributed by atoms with Crippen LogP contribution in [0.3, 0.4) is 0 Å². The summed E-state index contributed by atoms with van der Waals surface area (Å²) >= 11 is 0. The fraction of sp³-hybridized carbons (Fsp3) is 0.389. The van der Waals surface area contributed by atoms with E-state index in [-0.39, 0.29) is 30.1 Å². The monoisotopic (exact) mass is 1040 g/mol. The number of phenols is 1. The van der Waals surface area contributed by atoms with Crippen LogP contribution in [-0.2, 0) is 54.3 Å². The van der Waals surface area contributed by atoms with Gasteiger partial charge < -0.3 is 62.6 Å². The Morgan fingerprint density at radius 2 is 1.36 bits per heavy atom. The number of benzene rings is 3. The van der Waals surface area contributed by atoms with E-state index < -0.39 is 120 Å². The van der Waals surface area contributed by atoms with Crippen molar-refractivity contribution in [2.45, 2.75) is 115 Å². The molecule has 21 heteroatoms. The van der Waals surface area contributed by atoms with Crippen molar-refractivity contribution in [3.63, 3.8) is 0 Å². The lowest BCUT2D eigenvalue weighted by Gasteiger charge is -2.31. The van der Waals surface area contributed by atoms with Gasteiger partial charge >= 0.3 is 5.97 Å². The van der Waals surface area contributed by atoms with E-state index in [0.29, 0.717) is 11.1 Å². The summed E-state index contributed by atoms with van der Waals surface area (Å²) in [5.74, 6) is -10.1. The molecule has 4 rings (SSSR count). The van der Waals surface area contributed by atoms with Gasteiger partial charge in [0.15, 0.2) is 6.04 Å². The maximum atomic E-state index is 14.9. The number of aromatic hydroxyl groups is 1. The lowest BCUT2D eigenvalue weighted by Crippen LogP contribution is -2.62. The number of carbonyl (C=O) groups is 9. The van der Waals surface area contributed by atoms with Crippen molar-refractivity contribution in [1.82, 2.24) is 36.8 Å². The van der Waals surface area contributed by atoms with Crippen molar-refractivity contribution in [3.05, 3.63) is 119 Å². The van der Waals surface area contributed by atoms with Crippen LogP contribution in [0.1, 0.15) is 82.6 Å². The van der Waals surface area contributed by atoms with Crippen LogP contribution in [-0.4, -0.2) is 136 Å². The summed E-state index contributed by atoms with van der Waals surface area (Å²) in [6.07, 6.45) is 5.12. The van der Waals surface area contributed by atoms with E-state index in [2.05, 4.69) is 31.9 Å². The Hall–Kier alpha value is -8.17. The van der Waals surface area contributed by atoms with Gasteiger partial charge in [0, 0.05) is 19.5 Å². The zero-order chi connectivity index (χ0) is 55.4. The van der Waals surface area contributed by atoms with Crippen LogP contribution in [0.4, 0.5) is 0 Å². The number of allylic oxidation sites excluding steroid dienone is 1. The number of aliphatic hydroxyl groups excluding tert-OH is 2. The van der Waals surface area contributed by atoms with E-state index in [1.165, 1.54) is 50.4 Å². The molecule has 402 valence electrons. The lowest BCUT2D eigenvalue weighted by molar-refractivity contribution is -0.157. The molecule has 0 saturated carbocycles. The highest BCUT2D eigenvalue weighted by molar-refractivity contribution is 6.05. The highest BCUT2D eigenvalue weighted by Gasteiger charge is 2.39. The molecule has 0 aliphatic carbocycles. The zero-order valence-corrected chi connectivity index (χ0v) is 42.8. The number of cyclic esters (lactones) is 1. The summed E-state index contributed by atoms with van der Waals surface area (Å²) in [4.78, 5) is 127. The summed E-state index contributed by atoms with van der Waals surface area (Å²) in [5.41, 5.74) is 7.28. The number of rotatable bonds is 15. The Morgan fingerprint density at radius 3 is 1.96 bits per heavy atom. The molecule has 11 N–H and O–H groups in total. The SMILES string of the molecule is CCC/C=C\c1ccccc1/C=C/C(=O)NC1C(=O)N(C)/C(=C/c2ccc(O)cc2)C(=O)NC(CC(C)C)C(=O)NC(Cc2ccccc2)C(=O)NC(C(C)O)C(=O)NC(CC(N)=O)C(=O)NC(CO)C(=O)OC1C. The van der Waals surface area contributed by atoms with Gasteiger partial charge in [0.25, 0.3) is 11.8 Å². The fourth-order valence-corrected chi connectivity index (χ4v) is 7.69. The molecule has 21 nitrogen and oxygen atoms in total. The maximum Gasteiger partial charge on any atom is 0.331 e. The van der Waals surface area contributed by atoms with E-state index in [0.717, 1.165) is 36.3 Å². The number of ether oxygens (including phenoxy) is 1. The molecule has 75 heavy (non-hydrogen) atoms. The molecule has 0 bridgehead atoms. The molecule has 8 unspecified atom stereocenters. The maximum absolute atomic E-state index is 14.9. The predicted octanol–water partition coefficient (Wildman–Crippen LogP) is 1.11. The quantitative estimate of drug-likeness (QED) is 0.0755. The Bertz CT molecular complexity index is 2600. The van der Waals surface area contributed by atoms with E-state index in [1.54, 1.807) is 56.3 Å². The molecule has 1 aliphatic rings. The number of carbonyl (C=O) groups excluding carboxylic acids is 9. The first-order valence-electron chi connectivity index (χ1n) is 24.5. The predicted molar refractivity (Wildman–Crippen MR) is 278 cm³/mol. The number of primary amides is 1. The van der Waals surface area contributed by atoms with Crippen molar-refractivity contribution in [2.75, 3.05) is 13.7 Å². The highest BCUT2D eigenvalue weighted by atomic mass is 16.5. The van der Waals surface area contributed by atoms with E-state index in [1.807, 2.05) is 31.2 Å². The number of amides is 8. The second-order valence-electron chi connectivity index (χ2n) is 18.4. The van der Waals surface area contributed by atoms with Crippen LogP contribution < -0.4 is 37.6 Å². The van der Waals surface area contributed by atoms with Crippen LogP contribution in [0.5, 0.6) is 5.75 Å². The van der Waals surface area contributed by atoms with Crippen LogP contribution in [0.25, 0.3) is 18.2 Å². The summed E-state index contributed by atoms with van der Waals surface area (Å²) in [6, 6.07) is 10.8. The van der Waals surface area contributed by atoms with Crippen molar-refractivity contribution in [1.29, 1.82) is 0 Å². The summed E-state index contributed by atoms with van der Waals surface area (Å²) in [5, 5.41) is 46.0. The third-order valence-electron chi connectivity index (χ3n) is 11.7. The second-order valence-corrected chi connectivity index (χ2v) is 18.4. The molecular weight excluding hydrogens is 969 g/mol. The molecule has 0 spiro atoms. The van der Waals surface area contributed by atoms with E-state index in [4.69, 9.17) is 10.5 Å². The molecule has 3 aromatic rings. The Labute approximate surface area is 435 Å². The minimum Gasteiger partial charge on any atom is -0.508 e. The average molecular weight is 1040 g/mol. The number of nitrogens with one attached hydrogen (secondary N) is 6. The van der Waals surface area contributed by atoms with Crippen LogP contribution >= 0.6 is 0 Å². The second kappa shape index (κ2) is 28.9. The number of nitrogens with two attached hydrogens (primary N) is 1. The first-order chi connectivity index (χ1) is 35.6. The first kappa shape index (κ1) is 59.4. The molecule has 8 atom stereocenters. The summed E-state index contributed by atoms with van der Waals surface area (Å²) in [7, 11) is 1.19. The molecule has 1 aliphatic heterocycles. The van der Waals surface area contributed by atoms with Gasteiger partial charge in [0.1, 0.15) is 47.8 Å². The Morgan fingerprint density at radius 1 is 0.773 bits per heavy atom. The number of hydrogen-bond donors (Lipinski definition) is 10. The Balaban J connectivity index is 1.91. The van der Waals surface area contributed by atoms with E-state index >= 15 is 0 Å². The smallest absolute Gasteiger partial charge is 0.331 e. The topological polar surface area (TPSA) is 325 Å². The largest absolute Gasteiger partial charge is 0.508 e. The van der Waals surface area contributed by atoms with Gasteiger partial charge in [-0.1, -0.05) is 106 Å². The minimum atomic E-state index is -1.94. The van der Waals surface area contributed by atoms with Crippen molar-refractivity contribution < 1.29 is 63.2 Å². The molecule has 1 fully saturated rings. The number of aliphatic hydroxyl groups is 2. The molecule has 8 amide bonds. The molecular formula is C54H68N8O13. The molecule has 1 saturated heterocycles. The van der Waals surface area contributed by atoms with Gasteiger partial charge in [-0.05, 0) is 79.1 Å². The first-order valence-corrected chi connectivity index (χ1v) is 24.5. The summed E-state index contributed by atoms with van der Waals surface area (Å²) < 4.78 is 5.63. The van der Waals surface area contributed by atoms with Gasteiger partial charge in [0.2, 0.25) is 35.4 Å². The minimum absolute atomic E-state index is 0.0228. The van der Waals surface area contributed by atoms with Crippen LogP contribution in [0.2, 0.25) is 0 Å². The van der Waals surface area contributed by atoms with Gasteiger partial charge in [0.05, 0.1) is 19.1 Å². The number of phenolic OH excluding ortho intramolecular Hbond substituents is 1. The molecule has 0 aromatic heterocycles. The third-order valence-corrected chi connectivity index (χ3v) is 11.7. The number of likely N-dealkylation sites (N-methyl/N-ethyl adjacent to an activating group) is 1. The molecule has 0 radical (unpaired) electrons. The normalized spacial score (nSPS) is 23.1. The van der Waals surface area contributed by atoms with Crippen molar-refractivity contribution in [3.8, 4) is 5.75 Å². The van der Waals surface area contributed by atoms with Crippen molar-refractivity contribution >= 4 is 71.5 Å². The standard InChI is InChI=1S/C54H68N8O13/c1-7-8-10-17-36-18-13-14-19-37(36)22-25-45(67)60-47-33(5)75-54(74)42(30-63)59-49(69)41(29-44(55)66)58-52(72)46(32(4)64)61-50(70)40(27-34-15-11-9-12-16-34)56-48(68)39(26-31(2)3)57-51(71)43(62(6)53(47)73)28-35-20-23-38(65)24-21-35/h9-25,28,31-33,39-42,46-47,63-65H,7-8,26-27,29-30H2,1-6H3,(H2,55,66)(H,56,68)(H,57,71)(H,58,72)(H,59,69)(H,60,67)(H,61,70)/b17-10-,25-22+,43-28+. The Kier molecular flexibility index (Phi) is 22.9. The van der Waals surface area contributed by atoms with Crippen LogP contribution in [0, 0.1) is 5.92 Å². The van der Waals surface area contributed by atoms with Crippen LogP contribution in [0.15, 0.2) is 96.7 Å². The third kappa shape index (κ3) is 18.4. The number of hydrogen-bond acceptors (Lipinski definition) is 13. The average Bonchev–Trinajstić information content (AvgIpc) is 3.36. The summed E-state index contributed by atoms with van der Waals surface area (Å²) in [6.45, 7) is 6.80. The lowest BCUT2D eigenvalue weighted by atomic mass is 10.00. The van der Waals surface area contributed by atoms with Gasteiger partial charge in [-0.3, -0.25) is 38.4 Å². The molecule has 3 aromatic carbocycles.